The Morgan fingerprint density at radius 3 is 2.89 bits per heavy atom. The molecular weight excluding hydrogens is 246 g/mol. The Morgan fingerprint density at radius 1 is 1.44 bits per heavy atom. The standard InChI is InChI=1S/C14H19NO2S/c1-4-12-14(16)15-11-7-10(18-8-9(2)3)5-6-13(11)17-12/h5-7,9,12H,4,8H2,1-3H3,(H,15,16). The average Bonchev–Trinajstić information content (AvgIpc) is 2.35. The van der Waals surface area contributed by atoms with Gasteiger partial charge in [0.15, 0.2) is 6.10 Å². The minimum absolute atomic E-state index is 0.0454. The first-order valence-electron chi connectivity index (χ1n) is 6.34. The summed E-state index contributed by atoms with van der Waals surface area (Å²) in [5.41, 5.74) is 0.790. The number of carbonyl (C=O) groups is 1. The number of amides is 1. The summed E-state index contributed by atoms with van der Waals surface area (Å²) < 4.78 is 5.65. The summed E-state index contributed by atoms with van der Waals surface area (Å²) in [6.45, 7) is 6.34. The van der Waals surface area contributed by atoms with Gasteiger partial charge in [0, 0.05) is 10.6 Å². The number of hydrogen-bond donors (Lipinski definition) is 1. The first kappa shape index (κ1) is 13.3. The van der Waals surface area contributed by atoms with E-state index in [-0.39, 0.29) is 12.0 Å². The Morgan fingerprint density at radius 2 is 2.22 bits per heavy atom. The lowest BCUT2D eigenvalue weighted by molar-refractivity contribution is -0.123. The number of thioether (sulfide) groups is 1. The van der Waals surface area contributed by atoms with E-state index in [9.17, 15) is 4.79 Å². The van der Waals surface area contributed by atoms with Crippen LogP contribution < -0.4 is 10.1 Å². The molecular formula is C14H19NO2S. The molecule has 0 aromatic heterocycles. The molecule has 18 heavy (non-hydrogen) atoms. The van der Waals surface area contributed by atoms with Crippen molar-refractivity contribution in [3.63, 3.8) is 0 Å². The van der Waals surface area contributed by atoms with Crippen LogP contribution in [0.2, 0.25) is 0 Å². The number of rotatable bonds is 4. The number of fused-ring (bicyclic) bond motifs is 1. The normalized spacial score (nSPS) is 18.2. The quantitative estimate of drug-likeness (QED) is 0.846. The van der Waals surface area contributed by atoms with E-state index in [1.807, 2.05) is 19.1 Å². The van der Waals surface area contributed by atoms with Gasteiger partial charge in [-0.25, -0.2) is 0 Å². The summed E-state index contributed by atoms with van der Waals surface area (Å²) in [6, 6.07) is 5.99. The summed E-state index contributed by atoms with van der Waals surface area (Å²) >= 11 is 1.80. The number of nitrogens with one attached hydrogen (secondary N) is 1. The van der Waals surface area contributed by atoms with Gasteiger partial charge in [0.1, 0.15) is 5.75 Å². The molecule has 4 heteroatoms. The van der Waals surface area contributed by atoms with E-state index < -0.39 is 0 Å². The third-order valence-electron chi connectivity index (χ3n) is 2.72. The third kappa shape index (κ3) is 2.99. The molecule has 1 atom stereocenters. The molecule has 1 aliphatic heterocycles. The van der Waals surface area contributed by atoms with Gasteiger partial charge in [-0.2, -0.15) is 0 Å². The zero-order valence-electron chi connectivity index (χ0n) is 11.0. The van der Waals surface area contributed by atoms with Crippen molar-refractivity contribution in [2.45, 2.75) is 38.2 Å². The van der Waals surface area contributed by atoms with Crippen LogP contribution in [0.5, 0.6) is 5.75 Å². The van der Waals surface area contributed by atoms with Crippen LogP contribution in [0.25, 0.3) is 0 Å². The van der Waals surface area contributed by atoms with Crippen molar-refractivity contribution in [1.82, 2.24) is 0 Å². The lowest BCUT2D eigenvalue weighted by Gasteiger charge is -2.25. The van der Waals surface area contributed by atoms with Crippen molar-refractivity contribution in [2.24, 2.45) is 5.92 Å². The van der Waals surface area contributed by atoms with E-state index in [4.69, 9.17) is 4.74 Å². The number of ether oxygens (including phenoxy) is 1. The van der Waals surface area contributed by atoms with E-state index in [2.05, 4.69) is 25.2 Å². The lowest BCUT2D eigenvalue weighted by Crippen LogP contribution is -2.36. The van der Waals surface area contributed by atoms with E-state index in [1.54, 1.807) is 11.8 Å². The highest BCUT2D eigenvalue weighted by Crippen LogP contribution is 2.34. The topological polar surface area (TPSA) is 38.3 Å². The Bertz CT molecular complexity index is 445. The van der Waals surface area contributed by atoms with Gasteiger partial charge < -0.3 is 10.1 Å². The highest BCUT2D eigenvalue weighted by molar-refractivity contribution is 7.99. The summed E-state index contributed by atoms with van der Waals surface area (Å²) in [6.07, 6.45) is 0.335. The highest BCUT2D eigenvalue weighted by atomic mass is 32.2. The van der Waals surface area contributed by atoms with Crippen LogP contribution in [0.3, 0.4) is 0 Å². The van der Waals surface area contributed by atoms with Gasteiger partial charge in [0.2, 0.25) is 0 Å². The van der Waals surface area contributed by atoms with E-state index in [0.717, 1.165) is 17.2 Å². The molecule has 0 fully saturated rings. The maximum atomic E-state index is 11.7. The van der Waals surface area contributed by atoms with Gasteiger partial charge in [0.25, 0.3) is 5.91 Å². The van der Waals surface area contributed by atoms with E-state index in [0.29, 0.717) is 12.3 Å². The summed E-state index contributed by atoms with van der Waals surface area (Å²) in [7, 11) is 0. The summed E-state index contributed by atoms with van der Waals surface area (Å²) in [5, 5.41) is 2.91. The van der Waals surface area contributed by atoms with Crippen LogP contribution >= 0.6 is 11.8 Å². The molecule has 2 rings (SSSR count). The fourth-order valence-electron chi connectivity index (χ4n) is 1.75. The second-order valence-electron chi connectivity index (χ2n) is 4.87. The van der Waals surface area contributed by atoms with Gasteiger partial charge >= 0.3 is 0 Å². The number of hydrogen-bond acceptors (Lipinski definition) is 3. The second kappa shape index (κ2) is 5.65. The molecule has 0 saturated heterocycles. The maximum absolute atomic E-state index is 11.7. The first-order chi connectivity index (χ1) is 8.60. The number of anilines is 1. The Balaban J connectivity index is 2.13. The van der Waals surface area contributed by atoms with Crippen LogP contribution in [0.15, 0.2) is 23.1 Å². The molecule has 3 nitrogen and oxygen atoms in total. The fourth-order valence-corrected chi connectivity index (χ4v) is 2.64. The summed E-state index contributed by atoms with van der Waals surface area (Å²) in [5.74, 6) is 2.46. The van der Waals surface area contributed by atoms with E-state index >= 15 is 0 Å². The van der Waals surface area contributed by atoms with Crippen LogP contribution in [0, 0.1) is 5.92 Å². The van der Waals surface area contributed by atoms with Crippen LogP contribution in [-0.4, -0.2) is 17.8 Å². The molecule has 1 unspecified atom stereocenters. The first-order valence-corrected chi connectivity index (χ1v) is 7.33. The van der Waals surface area contributed by atoms with Crippen molar-refractivity contribution >= 4 is 23.4 Å². The van der Waals surface area contributed by atoms with Crippen molar-refractivity contribution in [3.8, 4) is 5.75 Å². The minimum atomic E-state index is -0.355. The smallest absolute Gasteiger partial charge is 0.265 e. The van der Waals surface area contributed by atoms with Gasteiger partial charge in [-0.3, -0.25) is 4.79 Å². The molecule has 1 N–H and O–H groups in total. The highest BCUT2D eigenvalue weighted by Gasteiger charge is 2.25. The SMILES string of the molecule is CCC1Oc2ccc(SCC(C)C)cc2NC1=O. The number of benzene rings is 1. The Kier molecular flexibility index (Phi) is 4.17. The van der Waals surface area contributed by atoms with Gasteiger partial charge in [-0.1, -0.05) is 20.8 Å². The third-order valence-corrected chi connectivity index (χ3v) is 4.15. The van der Waals surface area contributed by atoms with Crippen LogP contribution in [0.1, 0.15) is 27.2 Å². The molecule has 0 saturated carbocycles. The van der Waals surface area contributed by atoms with Crippen molar-refractivity contribution in [2.75, 3.05) is 11.1 Å². The molecule has 98 valence electrons. The molecule has 1 aromatic rings. The molecule has 0 spiro atoms. The van der Waals surface area contributed by atoms with Crippen LogP contribution in [-0.2, 0) is 4.79 Å². The zero-order valence-corrected chi connectivity index (χ0v) is 11.8. The Labute approximate surface area is 112 Å². The van der Waals surface area contributed by atoms with Crippen LogP contribution in [0.4, 0.5) is 5.69 Å². The molecule has 1 aliphatic rings. The molecule has 0 aliphatic carbocycles. The monoisotopic (exact) mass is 265 g/mol. The molecule has 1 heterocycles. The van der Waals surface area contributed by atoms with E-state index in [1.165, 1.54) is 4.90 Å². The molecule has 0 bridgehead atoms. The number of carbonyl (C=O) groups excluding carboxylic acids is 1. The van der Waals surface area contributed by atoms with Crippen molar-refractivity contribution < 1.29 is 9.53 Å². The predicted octanol–water partition coefficient (Wildman–Crippen LogP) is 3.54. The second-order valence-corrected chi connectivity index (χ2v) is 5.96. The van der Waals surface area contributed by atoms with Gasteiger partial charge in [-0.05, 0) is 30.5 Å². The summed E-state index contributed by atoms with van der Waals surface area (Å²) in [4.78, 5) is 12.9. The maximum Gasteiger partial charge on any atom is 0.265 e. The largest absolute Gasteiger partial charge is 0.478 e. The fraction of sp³-hybridized carbons (Fsp3) is 0.500. The average molecular weight is 265 g/mol. The lowest BCUT2D eigenvalue weighted by atomic mass is 10.2. The molecule has 1 amide bonds. The minimum Gasteiger partial charge on any atom is -0.478 e. The molecule has 1 aromatic carbocycles. The Hall–Kier alpha value is -1.16. The predicted molar refractivity (Wildman–Crippen MR) is 75.3 cm³/mol. The van der Waals surface area contributed by atoms with Gasteiger partial charge in [0.05, 0.1) is 5.69 Å². The van der Waals surface area contributed by atoms with Crippen molar-refractivity contribution in [3.05, 3.63) is 18.2 Å². The zero-order chi connectivity index (χ0) is 13.1. The van der Waals surface area contributed by atoms with Gasteiger partial charge in [-0.15, -0.1) is 11.8 Å². The van der Waals surface area contributed by atoms with Crippen molar-refractivity contribution in [1.29, 1.82) is 0 Å². The molecule has 0 radical (unpaired) electrons.